The van der Waals surface area contributed by atoms with Gasteiger partial charge in [-0.05, 0) is 56.9 Å². The Labute approximate surface area is 130 Å². The molecule has 0 aliphatic heterocycles. The molecular weight excluding hydrogens is 258 g/mol. The summed E-state index contributed by atoms with van der Waals surface area (Å²) in [7, 11) is 0. The minimum atomic E-state index is -0.0942. The van der Waals surface area contributed by atoms with Crippen LogP contribution in [0.15, 0.2) is 18.2 Å². The maximum Gasteiger partial charge on any atom is 0.0808 e. The van der Waals surface area contributed by atoms with Gasteiger partial charge in [0.15, 0.2) is 0 Å². The topological polar surface area (TPSA) is 35.2 Å². The lowest BCUT2D eigenvalue weighted by molar-refractivity contribution is -0.0841. The van der Waals surface area contributed by atoms with Gasteiger partial charge in [-0.2, -0.15) is 0 Å². The summed E-state index contributed by atoms with van der Waals surface area (Å²) < 4.78 is 6.32. The lowest BCUT2D eigenvalue weighted by Crippen LogP contribution is -2.44. The molecule has 0 aromatic heterocycles. The van der Waals surface area contributed by atoms with Crippen LogP contribution in [0.1, 0.15) is 56.2 Å². The Morgan fingerprint density at radius 2 is 1.71 bits per heavy atom. The average molecular weight is 289 g/mol. The molecule has 118 valence electrons. The molecule has 1 aliphatic carbocycles. The van der Waals surface area contributed by atoms with Gasteiger partial charge in [0.1, 0.15) is 0 Å². The lowest BCUT2D eigenvalue weighted by Gasteiger charge is -2.40. The maximum atomic E-state index is 6.32. The minimum absolute atomic E-state index is 0.0942. The van der Waals surface area contributed by atoms with Crippen LogP contribution < -0.4 is 5.73 Å². The number of nitrogens with two attached hydrogens (primary N) is 1. The molecule has 0 atom stereocenters. The molecule has 0 bridgehead atoms. The number of benzene rings is 1. The van der Waals surface area contributed by atoms with Crippen LogP contribution in [0.3, 0.4) is 0 Å². The summed E-state index contributed by atoms with van der Waals surface area (Å²) in [5, 5.41) is 0. The first-order valence-electron chi connectivity index (χ1n) is 8.35. The van der Waals surface area contributed by atoms with Crippen LogP contribution >= 0.6 is 0 Å². The first-order chi connectivity index (χ1) is 9.94. The number of rotatable bonds is 5. The molecule has 0 saturated heterocycles. The van der Waals surface area contributed by atoms with Crippen LogP contribution in [-0.4, -0.2) is 12.1 Å². The zero-order chi connectivity index (χ0) is 15.5. The Kier molecular flexibility index (Phi) is 5.45. The Bertz CT molecular complexity index is 438. The van der Waals surface area contributed by atoms with Crippen molar-refractivity contribution in [3.05, 3.63) is 34.9 Å². The van der Waals surface area contributed by atoms with Gasteiger partial charge in [0.25, 0.3) is 0 Å². The van der Waals surface area contributed by atoms with E-state index in [2.05, 4.69) is 45.9 Å². The lowest BCUT2D eigenvalue weighted by atomic mass is 9.74. The zero-order valence-electron chi connectivity index (χ0n) is 14.1. The van der Waals surface area contributed by atoms with Crippen LogP contribution in [0.5, 0.6) is 0 Å². The molecule has 1 aromatic rings. The first-order valence-corrected chi connectivity index (χ1v) is 8.35. The highest BCUT2D eigenvalue weighted by Crippen LogP contribution is 2.38. The SMILES string of the molecule is Cc1cc(C)cc(COC2(CN)CCC(C(C)C)CC2)c1. The molecule has 0 radical (unpaired) electrons. The molecule has 0 heterocycles. The molecule has 0 spiro atoms. The third-order valence-electron chi connectivity index (χ3n) is 5.08. The minimum Gasteiger partial charge on any atom is -0.369 e. The molecule has 2 heteroatoms. The molecule has 0 amide bonds. The van der Waals surface area contributed by atoms with Gasteiger partial charge in [-0.15, -0.1) is 0 Å². The Morgan fingerprint density at radius 3 is 2.19 bits per heavy atom. The quantitative estimate of drug-likeness (QED) is 0.874. The van der Waals surface area contributed by atoms with Crippen molar-refractivity contribution in [1.29, 1.82) is 0 Å². The van der Waals surface area contributed by atoms with E-state index in [4.69, 9.17) is 10.5 Å². The van der Waals surface area contributed by atoms with Crippen molar-refractivity contribution in [3.63, 3.8) is 0 Å². The van der Waals surface area contributed by atoms with E-state index >= 15 is 0 Å². The van der Waals surface area contributed by atoms with Crippen LogP contribution in [0.2, 0.25) is 0 Å². The number of hydrogen-bond donors (Lipinski definition) is 1. The number of ether oxygens (including phenoxy) is 1. The van der Waals surface area contributed by atoms with E-state index in [0.717, 1.165) is 24.7 Å². The molecule has 1 fully saturated rings. The van der Waals surface area contributed by atoms with Crippen LogP contribution in [0, 0.1) is 25.7 Å². The van der Waals surface area contributed by atoms with Crippen LogP contribution in [0.25, 0.3) is 0 Å². The van der Waals surface area contributed by atoms with Gasteiger partial charge in [0.05, 0.1) is 12.2 Å². The third-order valence-corrected chi connectivity index (χ3v) is 5.08. The molecular formula is C19H31NO. The molecule has 21 heavy (non-hydrogen) atoms. The molecule has 0 unspecified atom stereocenters. The van der Waals surface area contributed by atoms with Gasteiger partial charge < -0.3 is 10.5 Å². The van der Waals surface area contributed by atoms with Crippen molar-refractivity contribution < 1.29 is 4.74 Å². The third kappa shape index (κ3) is 4.31. The van der Waals surface area contributed by atoms with E-state index in [1.165, 1.54) is 29.5 Å². The fourth-order valence-corrected chi connectivity index (χ4v) is 3.63. The van der Waals surface area contributed by atoms with E-state index in [1.807, 2.05) is 0 Å². The van der Waals surface area contributed by atoms with Gasteiger partial charge in [-0.3, -0.25) is 0 Å². The number of hydrogen-bond acceptors (Lipinski definition) is 2. The molecule has 1 aromatic carbocycles. The molecule has 1 aliphatic rings. The summed E-state index contributed by atoms with van der Waals surface area (Å²) >= 11 is 0. The van der Waals surface area contributed by atoms with Crippen LogP contribution in [-0.2, 0) is 11.3 Å². The largest absolute Gasteiger partial charge is 0.369 e. The molecule has 1 saturated carbocycles. The van der Waals surface area contributed by atoms with Gasteiger partial charge in [-0.1, -0.05) is 43.2 Å². The Hall–Kier alpha value is -0.860. The van der Waals surface area contributed by atoms with Gasteiger partial charge in [0, 0.05) is 6.54 Å². The van der Waals surface area contributed by atoms with E-state index < -0.39 is 0 Å². The van der Waals surface area contributed by atoms with E-state index in [1.54, 1.807) is 0 Å². The summed E-state index contributed by atoms with van der Waals surface area (Å²) in [5.41, 5.74) is 9.84. The van der Waals surface area contributed by atoms with E-state index in [0.29, 0.717) is 13.2 Å². The summed E-state index contributed by atoms with van der Waals surface area (Å²) in [6, 6.07) is 6.64. The fourth-order valence-electron chi connectivity index (χ4n) is 3.63. The highest BCUT2D eigenvalue weighted by molar-refractivity contribution is 5.28. The second kappa shape index (κ2) is 6.93. The summed E-state index contributed by atoms with van der Waals surface area (Å²) in [5.74, 6) is 1.62. The smallest absolute Gasteiger partial charge is 0.0808 e. The van der Waals surface area contributed by atoms with E-state index in [9.17, 15) is 0 Å². The van der Waals surface area contributed by atoms with Crippen molar-refractivity contribution in [2.45, 2.75) is 65.6 Å². The van der Waals surface area contributed by atoms with Crippen LogP contribution in [0.4, 0.5) is 0 Å². The van der Waals surface area contributed by atoms with Crippen molar-refractivity contribution in [3.8, 4) is 0 Å². The highest BCUT2D eigenvalue weighted by atomic mass is 16.5. The second-order valence-electron chi connectivity index (χ2n) is 7.25. The average Bonchev–Trinajstić information content (AvgIpc) is 2.44. The molecule has 2 N–H and O–H groups in total. The van der Waals surface area contributed by atoms with Crippen molar-refractivity contribution in [2.75, 3.05) is 6.54 Å². The van der Waals surface area contributed by atoms with Crippen molar-refractivity contribution in [1.82, 2.24) is 0 Å². The normalized spacial score (nSPS) is 26.3. The van der Waals surface area contributed by atoms with Gasteiger partial charge in [0.2, 0.25) is 0 Å². The first kappa shape index (κ1) is 16.5. The fraction of sp³-hybridized carbons (Fsp3) is 0.684. The Balaban J connectivity index is 1.96. The van der Waals surface area contributed by atoms with E-state index in [-0.39, 0.29) is 5.60 Å². The number of aryl methyl sites for hydroxylation is 2. The standard InChI is InChI=1S/C19H31NO/c1-14(2)18-5-7-19(13-20,8-6-18)21-12-17-10-15(3)9-16(4)11-17/h9-11,14,18H,5-8,12-13,20H2,1-4H3. The zero-order valence-corrected chi connectivity index (χ0v) is 14.1. The summed E-state index contributed by atoms with van der Waals surface area (Å²) in [4.78, 5) is 0. The predicted molar refractivity (Wildman–Crippen MR) is 89.3 cm³/mol. The van der Waals surface area contributed by atoms with Crippen molar-refractivity contribution >= 4 is 0 Å². The highest BCUT2D eigenvalue weighted by Gasteiger charge is 2.35. The van der Waals surface area contributed by atoms with Crippen molar-refractivity contribution in [2.24, 2.45) is 17.6 Å². The summed E-state index contributed by atoms with van der Waals surface area (Å²) in [6.45, 7) is 10.3. The van der Waals surface area contributed by atoms with Gasteiger partial charge in [-0.25, -0.2) is 0 Å². The summed E-state index contributed by atoms with van der Waals surface area (Å²) in [6.07, 6.45) is 4.72. The Morgan fingerprint density at radius 1 is 1.14 bits per heavy atom. The molecule has 2 nitrogen and oxygen atoms in total. The van der Waals surface area contributed by atoms with Gasteiger partial charge >= 0.3 is 0 Å². The predicted octanol–water partition coefficient (Wildman–Crippen LogP) is 4.36. The maximum absolute atomic E-state index is 6.32. The molecule has 2 rings (SSSR count). The second-order valence-corrected chi connectivity index (χ2v) is 7.25. The monoisotopic (exact) mass is 289 g/mol.